The first-order valence-electron chi connectivity index (χ1n) is 21.5. The van der Waals surface area contributed by atoms with Gasteiger partial charge in [0.2, 0.25) is 5.91 Å². The minimum absolute atomic E-state index is 0.0710. The summed E-state index contributed by atoms with van der Waals surface area (Å²) in [4.78, 5) is 48.3. The highest BCUT2D eigenvalue weighted by molar-refractivity contribution is 6.30. The molecule has 3 saturated heterocycles. The summed E-state index contributed by atoms with van der Waals surface area (Å²) >= 11 is 6.48. The first kappa shape index (κ1) is 44.9. The van der Waals surface area contributed by atoms with Crippen LogP contribution in [0.25, 0.3) is 0 Å². The zero-order chi connectivity index (χ0) is 42.6. The lowest BCUT2D eigenvalue weighted by molar-refractivity contribution is -0.137. The maximum Gasteiger partial charge on any atom is 0.410 e. The largest absolute Gasteiger partial charge is 0.493 e. The summed E-state index contributed by atoms with van der Waals surface area (Å²) in [5.41, 5.74) is 3.03. The van der Waals surface area contributed by atoms with Gasteiger partial charge in [0.15, 0.2) is 0 Å². The Morgan fingerprint density at radius 2 is 1.63 bits per heavy atom. The highest BCUT2D eigenvalue weighted by atomic mass is 35.5. The van der Waals surface area contributed by atoms with E-state index in [2.05, 4.69) is 20.4 Å². The molecule has 2 N–H and O–H groups in total. The first-order chi connectivity index (χ1) is 28.8. The summed E-state index contributed by atoms with van der Waals surface area (Å²) in [5, 5.41) is 7.29. The molecule has 60 heavy (non-hydrogen) atoms. The van der Waals surface area contributed by atoms with Crippen molar-refractivity contribution in [2.75, 3.05) is 77.4 Å². The number of rotatable bonds is 15. The molecule has 3 aliphatic rings. The Morgan fingerprint density at radius 1 is 0.883 bits per heavy atom. The molecule has 12 nitrogen and oxygen atoms in total. The molecule has 0 radical (unpaired) electrons. The molecule has 0 aliphatic carbocycles. The van der Waals surface area contributed by atoms with E-state index in [1.165, 1.54) is 6.07 Å². The first-order valence-corrected chi connectivity index (χ1v) is 21.8. The van der Waals surface area contributed by atoms with Crippen LogP contribution in [0.3, 0.4) is 0 Å². The van der Waals surface area contributed by atoms with Crippen LogP contribution in [0.1, 0.15) is 63.6 Å². The van der Waals surface area contributed by atoms with Gasteiger partial charge in [0.05, 0.1) is 6.61 Å². The molecule has 3 heterocycles. The SMILES string of the molecule is CCOc1cccc(F)c1CN1CCN(C(=O)[C@H](NC(=O)OCc2ccccc2)C2CCN(CCc3cc(Cl)ccc3NC[C@H]3CCN(C(=O)OC(C)(C)C)C3)CC2)CC1. The van der Waals surface area contributed by atoms with Crippen LogP contribution < -0.4 is 15.4 Å². The number of carbonyl (C=O) groups excluding carboxylic acids is 3. The van der Waals surface area contributed by atoms with Gasteiger partial charge in [0, 0.05) is 75.2 Å². The fraction of sp³-hybridized carbons (Fsp3) is 0.543. The fourth-order valence-corrected chi connectivity index (χ4v) is 8.47. The van der Waals surface area contributed by atoms with Gasteiger partial charge in [0.1, 0.15) is 29.8 Å². The van der Waals surface area contributed by atoms with Crippen molar-refractivity contribution in [2.24, 2.45) is 11.8 Å². The molecule has 0 bridgehead atoms. The number of carbonyl (C=O) groups is 3. The van der Waals surface area contributed by atoms with Crippen molar-refractivity contribution >= 4 is 35.4 Å². The lowest BCUT2D eigenvalue weighted by atomic mass is 9.88. The Hall–Kier alpha value is -4.59. The molecule has 3 aromatic rings. The van der Waals surface area contributed by atoms with E-state index in [0.29, 0.717) is 74.7 Å². The minimum Gasteiger partial charge on any atom is -0.493 e. The number of nitrogens with zero attached hydrogens (tertiary/aromatic N) is 4. The van der Waals surface area contributed by atoms with Crippen molar-refractivity contribution in [2.45, 2.75) is 78.2 Å². The van der Waals surface area contributed by atoms with Crippen molar-refractivity contribution in [1.29, 1.82) is 0 Å². The number of hydrogen-bond donors (Lipinski definition) is 2. The van der Waals surface area contributed by atoms with Gasteiger partial charge in [-0.3, -0.25) is 9.69 Å². The predicted molar refractivity (Wildman–Crippen MR) is 232 cm³/mol. The Kier molecular flexibility index (Phi) is 15.9. The average Bonchev–Trinajstić information content (AvgIpc) is 3.72. The number of piperidine rings is 1. The number of benzene rings is 3. The number of piperazine rings is 1. The minimum atomic E-state index is -0.733. The number of ether oxygens (including phenoxy) is 3. The predicted octanol–water partition coefficient (Wildman–Crippen LogP) is 7.44. The molecule has 3 aliphatic heterocycles. The highest BCUT2D eigenvalue weighted by Crippen LogP contribution is 2.28. The number of halogens is 2. The second-order valence-corrected chi connectivity index (χ2v) is 17.6. The zero-order valence-electron chi connectivity index (χ0n) is 35.6. The molecule has 0 unspecified atom stereocenters. The standard InChI is InChI=1S/C46H62ClFN6O6/c1-5-58-41-13-9-12-39(48)38(41)31-52-24-26-53(27-25-52)43(55)42(50-44(56)59-32-33-10-7-6-8-11-33)35-17-20-51(21-18-35)22-19-36-28-37(47)14-15-40(36)49-29-34-16-23-54(30-34)45(57)60-46(2,3)4/h6-15,28,34-35,42,49H,5,16-27,29-32H2,1-4H3,(H,50,56)/t34-,42-/m1/s1. The maximum atomic E-state index is 14.8. The Bertz CT molecular complexity index is 1880. The van der Waals surface area contributed by atoms with Crippen LogP contribution in [-0.4, -0.2) is 121 Å². The molecule has 3 aromatic carbocycles. The second kappa shape index (κ2) is 21.3. The van der Waals surface area contributed by atoms with E-state index in [1.54, 1.807) is 17.0 Å². The Balaban J connectivity index is 1.03. The van der Waals surface area contributed by atoms with Crippen molar-refractivity contribution < 1.29 is 33.0 Å². The lowest BCUT2D eigenvalue weighted by Crippen LogP contribution is -2.58. The quantitative estimate of drug-likeness (QED) is 0.161. The molecule has 14 heteroatoms. The molecular weight excluding hydrogens is 787 g/mol. The van der Waals surface area contributed by atoms with Crippen molar-refractivity contribution in [3.63, 3.8) is 0 Å². The van der Waals surface area contributed by atoms with E-state index in [-0.39, 0.29) is 30.3 Å². The van der Waals surface area contributed by atoms with E-state index >= 15 is 0 Å². The molecular formula is C46H62ClFN6O6. The van der Waals surface area contributed by atoms with Crippen LogP contribution in [0.2, 0.25) is 5.02 Å². The maximum absolute atomic E-state index is 14.8. The topological polar surface area (TPSA) is 116 Å². The summed E-state index contributed by atoms with van der Waals surface area (Å²) in [5.74, 6) is 0.369. The monoisotopic (exact) mass is 848 g/mol. The number of anilines is 1. The summed E-state index contributed by atoms with van der Waals surface area (Å²) in [6.45, 7) is 15.0. The summed E-state index contributed by atoms with van der Waals surface area (Å²) in [6, 6.07) is 19.6. The third-order valence-corrected chi connectivity index (χ3v) is 11.8. The lowest BCUT2D eigenvalue weighted by Gasteiger charge is -2.40. The number of nitrogens with one attached hydrogen (secondary N) is 2. The van der Waals surface area contributed by atoms with Crippen LogP contribution in [0, 0.1) is 17.7 Å². The van der Waals surface area contributed by atoms with Gasteiger partial charge >= 0.3 is 12.2 Å². The molecule has 6 rings (SSSR count). The van der Waals surface area contributed by atoms with Gasteiger partial charge in [-0.2, -0.15) is 0 Å². The van der Waals surface area contributed by atoms with Gasteiger partial charge in [-0.05, 0) is 120 Å². The fourth-order valence-electron chi connectivity index (χ4n) is 8.28. The Labute approximate surface area is 359 Å². The van der Waals surface area contributed by atoms with Crippen LogP contribution in [0.4, 0.5) is 19.7 Å². The molecule has 0 aromatic heterocycles. The average molecular weight is 849 g/mol. The summed E-state index contributed by atoms with van der Waals surface area (Å²) < 4.78 is 31.7. The van der Waals surface area contributed by atoms with Crippen molar-refractivity contribution in [3.8, 4) is 5.75 Å². The van der Waals surface area contributed by atoms with E-state index < -0.39 is 17.7 Å². The molecule has 2 atom stereocenters. The van der Waals surface area contributed by atoms with E-state index in [1.807, 2.05) is 81.1 Å². The van der Waals surface area contributed by atoms with Gasteiger partial charge in [-0.25, -0.2) is 14.0 Å². The van der Waals surface area contributed by atoms with Crippen LogP contribution >= 0.6 is 11.6 Å². The molecule has 3 amide bonds. The number of alkyl carbamates (subject to hydrolysis) is 1. The molecule has 0 saturated carbocycles. The zero-order valence-corrected chi connectivity index (χ0v) is 36.4. The highest BCUT2D eigenvalue weighted by Gasteiger charge is 2.37. The Morgan fingerprint density at radius 3 is 2.35 bits per heavy atom. The normalized spacial score (nSPS) is 18.5. The van der Waals surface area contributed by atoms with E-state index in [0.717, 1.165) is 68.7 Å². The van der Waals surface area contributed by atoms with E-state index in [9.17, 15) is 18.8 Å². The number of amides is 3. The third-order valence-electron chi connectivity index (χ3n) is 11.6. The smallest absolute Gasteiger partial charge is 0.410 e. The van der Waals surface area contributed by atoms with Crippen molar-refractivity contribution in [1.82, 2.24) is 24.9 Å². The summed E-state index contributed by atoms with van der Waals surface area (Å²) in [7, 11) is 0. The number of hydrogen-bond acceptors (Lipinski definition) is 9. The second-order valence-electron chi connectivity index (χ2n) is 17.1. The summed E-state index contributed by atoms with van der Waals surface area (Å²) in [6.07, 6.45) is 2.30. The third kappa shape index (κ3) is 13.0. The van der Waals surface area contributed by atoms with Gasteiger partial charge < -0.3 is 39.5 Å². The van der Waals surface area contributed by atoms with Crippen molar-refractivity contribution in [3.05, 3.63) is 94.3 Å². The molecule has 3 fully saturated rings. The van der Waals surface area contributed by atoms with Gasteiger partial charge in [-0.15, -0.1) is 0 Å². The van der Waals surface area contributed by atoms with Crippen LogP contribution in [0.5, 0.6) is 5.75 Å². The molecule has 326 valence electrons. The molecule has 0 spiro atoms. The van der Waals surface area contributed by atoms with Crippen LogP contribution in [0.15, 0.2) is 66.7 Å². The number of likely N-dealkylation sites (tertiary alicyclic amines) is 2. The van der Waals surface area contributed by atoms with Crippen LogP contribution in [-0.2, 0) is 33.8 Å². The van der Waals surface area contributed by atoms with E-state index in [4.69, 9.17) is 25.8 Å². The van der Waals surface area contributed by atoms with Gasteiger partial charge in [0.25, 0.3) is 0 Å². The van der Waals surface area contributed by atoms with Gasteiger partial charge in [-0.1, -0.05) is 48.0 Å².